The molecular formula is C15H23NO. The average Bonchev–Trinajstić information content (AvgIpc) is 2.38. The topological polar surface area (TPSA) is 32.3 Å². The molecular weight excluding hydrogens is 210 g/mol. The van der Waals surface area contributed by atoms with Gasteiger partial charge in [-0.2, -0.15) is 0 Å². The van der Waals surface area contributed by atoms with Gasteiger partial charge in [0.05, 0.1) is 0 Å². The lowest BCUT2D eigenvalue weighted by Gasteiger charge is -2.30. The maximum Gasteiger partial charge on any atom is 0.115 e. The summed E-state index contributed by atoms with van der Waals surface area (Å²) in [4.78, 5) is 0. The minimum absolute atomic E-state index is 0.362. The molecule has 1 fully saturated rings. The molecule has 0 radical (unpaired) electrons. The third-order valence-electron chi connectivity index (χ3n) is 3.96. The van der Waals surface area contributed by atoms with Crippen molar-refractivity contribution in [1.82, 2.24) is 5.32 Å². The number of likely N-dealkylation sites (N-methyl/N-ethyl adjacent to an activating group) is 1. The summed E-state index contributed by atoms with van der Waals surface area (Å²) in [5.41, 5.74) is 1.36. The summed E-state index contributed by atoms with van der Waals surface area (Å²) in [5, 5.41) is 12.7. The lowest BCUT2D eigenvalue weighted by Crippen LogP contribution is -2.25. The third-order valence-corrected chi connectivity index (χ3v) is 3.96. The van der Waals surface area contributed by atoms with Crippen molar-refractivity contribution in [3.8, 4) is 5.75 Å². The molecule has 1 aromatic rings. The fourth-order valence-corrected chi connectivity index (χ4v) is 3.03. The molecule has 1 saturated carbocycles. The minimum atomic E-state index is 0.362. The van der Waals surface area contributed by atoms with E-state index in [1.54, 1.807) is 12.1 Å². The van der Waals surface area contributed by atoms with Crippen LogP contribution in [0.4, 0.5) is 0 Å². The zero-order chi connectivity index (χ0) is 12.1. The molecule has 2 heteroatoms. The molecule has 0 bridgehead atoms. The summed E-state index contributed by atoms with van der Waals surface area (Å²) < 4.78 is 0. The lowest BCUT2D eigenvalue weighted by molar-refractivity contribution is 0.300. The molecule has 2 nitrogen and oxygen atoms in total. The van der Waals surface area contributed by atoms with Crippen LogP contribution < -0.4 is 5.32 Å². The van der Waals surface area contributed by atoms with Crippen LogP contribution in [0, 0.1) is 5.92 Å². The third kappa shape index (κ3) is 3.22. The van der Waals surface area contributed by atoms with Gasteiger partial charge in [-0.05, 0) is 49.4 Å². The minimum Gasteiger partial charge on any atom is -0.508 e. The van der Waals surface area contributed by atoms with E-state index < -0.39 is 0 Å². The Morgan fingerprint density at radius 2 is 1.82 bits per heavy atom. The van der Waals surface area contributed by atoms with E-state index in [1.807, 2.05) is 7.05 Å². The first-order valence-electron chi connectivity index (χ1n) is 6.75. The number of hydrogen-bond acceptors (Lipinski definition) is 2. The van der Waals surface area contributed by atoms with Crippen molar-refractivity contribution in [2.24, 2.45) is 5.92 Å². The second-order valence-corrected chi connectivity index (χ2v) is 5.15. The van der Waals surface area contributed by atoms with Gasteiger partial charge in [-0.25, -0.2) is 0 Å². The quantitative estimate of drug-likeness (QED) is 0.836. The van der Waals surface area contributed by atoms with E-state index in [0.29, 0.717) is 11.7 Å². The number of phenolic OH excluding ortho intramolecular Hbond substituents is 1. The zero-order valence-corrected chi connectivity index (χ0v) is 10.7. The van der Waals surface area contributed by atoms with Gasteiger partial charge in [0.25, 0.3) is 0 Å². The fourth-order valence-electron chi connectivity index (χ4n) is 3.03. The summed E-state index contributed by atoms with van der Waals surface area (Å²) in [5.74, 6) is 1.77. The molecule has 0 saturated heterocycles. The molecule has 1 aliphatic rings. The van der Waals surface area contributed by atoms with Gasteiger partial charge in [0, 0.05) is 6.54 Å². The summed E-state index contributed by atoms with van der Waals surface area (Å²) in [6.45, 7) is 1.04. The number of nitrogens with one attached hydrogen (secondary N) is 1. The highest BCUT2D eigenvalue weighted by Gasteiger charge is 2.24. The lowest BCUT2D eigenvalue weighted by atomic mass is 9.77. The molecule has 1 atom stereocenters. The van der Waals surface area contributed by atoms with Gasteiger partial charge in [-0.15, -0.1) is 0 Å². The van der Waals surface area contributed by atoms with Crippen LogP contribution in [0.2, 0.25) is 0 Å². The van der Waals surface area contributed by atoms with Gasteiger partial charge in [0.2, 0.25) is 0 Å². The standard InChI is InChI=1S/C15H23NO/c1-16-11-15(12-5-3-2-4-6-12)13-7-9-14(17)10-8-13/h7-10,12,15-17H,2-6,11H2,1H3. The van der Waals surface area contributed by atoms with Gasteiger partial charge in [-0.3, -0.25) is 0 Å². The van der Waals surface area contributed by atoms with Gasteiger partial charge in [0.15, 0.2) is 0 Å². The van der Waals surface area contributed by atoms with Crippen LogP contribution in [0.5, 0.6) is 5.75 Å². The molecule has 0 aromatic heterocycles. The van der Waals surface area contributed by atoms with E-state index in [2.05, 4.69) is 17.4 Å². The van der Waals surface area contributed by atoms with Crippen molar-refractivity contribution in [3.05, 3.63) is 29.8 Å². The smallest absolute Gasteiger partial charge is 0.115 e. The van der Waals surface area contributed by atoms with Crippen molar-refractivity contribution in [1.29, 1.82) is 0 Å². The highest BCUT2D eigenvalue weighted by atomic mass is 16.3. The number of rotatable bonds is 4. The van der Waals surface area contributed by atoms with Crippen LogP contribution in [0.25, 0.3) is 0 Å². The molecule has 1 aliphatic carbocycles. The predicted molar refractivity (Wildman–Crippen MR) is 71.3 cm³/mol. The molecule has 0 heterocycles. The van der Waals surface area contributed by atoms with E-state index in [1.165, 1.54) is 37.7 Å². The largest absolute Gasteiger partial charge is 0.508 e. The summed E-state index contributed by atoms with van der Waals surface area (Å²) in [6.07, 6.45) is 6.87. The van der Waals surface area contributed by atoms with Crippen LogP contribution in [0.15, 0.2) is 24.3 Å². The van der Waals surface area contributed by atoms with Crippen LogP contribution in [-0.2, 0) is 0 Å². The molecule has 2 rings (SSSR count). The number of benzene rings is 1. The monoisotopic (exact) mass is 233 g/mol. The van der Waals surface area contributed by atoms with E-state index in [9.17, 15) is 5.11 Å². The Balaban J connectivity index is 2.12. The fraction of sp³-hybridized carbons (Fsp3) is 0.600. The van der Waals surface area contributed by atoms with Crippen molar-refractivity contribution in [2.75, 3.05) is 13.6 Å². The second-order valence-electron chi connectivity index (χ2n) is 5.15. The van der Waals surface area contributed by atoms with Gasteiger partial charge < -0.3 is 10.4 Å². The van der Waals surface area contributed by atoms with Crippen molar-refractivity contribution < 1.29 is 5.11 Å². The van der Waals surface area contributed by atoms with Gasteiger partial charge in [-0.1, -0.05) is 31.4 Å². The number of phenols is 1. The molecule has 1 unspecified atom stereocenters. The second kappa shape index (κ2) is 6.06. The summed E-state index contributed by atoms with van der Waals surface area (Å²) in [7, 11) is 2.02. The van der Waals surface area contributed by atoms with Gasteiger partial charge >= 0.3 is 0 Å². The molecule has 0 aliphatic heterocycles. The summed E-state index contributed by atoms with van der Waals surface area (Å²) in [6, 6.07) is 7.76. The maximum absolute atomic E-state index is 9.36. The highest BCUT2D eigenvalue weighted by molar-refractivity contribution is 5.29. The van der Waals surface area contributed by atoms with Crippen molar-refractivity contribution >= 4 is 0 Å². The van der Waals surface area contributed by atoms with Crippen LogP contribution >= 0.6 is 0 Å². The van der Waals surface area contributed by atoms with Crippen LogP contribution in [-0.4, -0.2) is 18.7 Å². The highest BCUT2D eigenvalue weighted by Crippen LogP contribution is 2.36. The number of hydrogen-bond donors (Lipinski definition) is 2. The van der Waals surface area contributed by atoms with E-state index in [4.69, 9.17) is 0 Å². The first-order chi connectivity index (χ1) is 8.31. The van der Waals surface area contributed by atoms with E-state index in [0.717, 1.165) is 12.5 Å². The first kappa shape index (κ1) is 12.4. The molecule has 1 aromatic carbocycles. The van der Waals surface area contributed by atoms with Gasteiger partial charge in [0.1, 0.15) is 5.75 Å². The first-order valence-corrected chi connectivity index (χ1v) is 6.75. The maximum atomic E-state index is 9.36. The van der Waals surface area contributed by atoms with Crippen LogP contribution in [0.1, 0.15) is 43.6 Å². The zero-order valence-electron chi connectivity index (χ0n) is 10.7. The summed E-state index contributed by atoms with van der Waals surface area (Å²) >= 11 is 0. The Labute approximate surface area is 104 Å². The number of aromatic hydroxyl groups is 1. The SMILES string of the molecule is CNCC(c1ccc(O)cc1)C1CCCCC1. The Hall–Kier alpha value is -1.02. The van der Waals surface area contributed by atoms with Crippen LogP contribution in [0.3, 0.4) is 0 Å². The molecule has 0 amide bonds. The molecule has 0 spiro atoms. The Kier molecular flexibility index (Phi) is 4.43. The normalized spacial score (nSPS) is 19.1. The molecule has 17 heavy (non-hydrogen) atoms. The van der Waals surface area contributed by atoms with Crippen molar-refractivity contribution in [3.63, 3.8) is 0 Å². The predicted octanol–water partition coefficient (Wildman–Crippen LogP) is 3.28. The average molecular weight is 233 g/mol. The Morgan fingerprint density at radius 3 is 2.41 bits per heavy atom. The van der Waals surface area contributed by atoms with E-state index >= 15 is 0 Å². The van der Waals surface area contributed by atoms with E-state index in [-0.39, 0.29) is 0 Å². The Morgan fingerprint density at radius 1 is 1.18 bits per heavy atom. The van der Waals surface area contributed by atoms with Crippen molar-refractivity contribution in [2.45, 2.75) is 38.0 Å². The Bertz CT molecular complexity index is 327. The molecule has 94 valence electrons. The molecule has 2 N–H and O–H groups in total.